The first-order valence-electron chi connectivity index (χ1n) is 8.13. The average molecular weight is 347 g/mol. The topological polar surface area (TPSA) is 82.5 Å². The van der Waals surface area contributed by atoms with Crippen LogP contribution in [0.4, 0.5) is 10.5 Å². The van der Waals surface area contributed by atoms with Gasteiger partial charge in [-0.3, -0.25) is 4.79 Å². The number of piperidine rings is 1. The summed E-state index contributed by atoms with van der Waals surface area (Å²) in [5, 5.41) is 13.0. The van der Waals surface area contributed by atoms with Gasteiger partial charge in [0, 0.05) is 24.7 Å². The summed E-state index contributed by atoms with van der Waals surface area (Å²) in [5.41, 5.74) is 1.69. The van der Waals surface area contributed by atoms with E-state index in [0.717, 1.165) is 20.9 Å². The van der Waals surface area contributed by atoms with Crippen LogP contribution in [0, 0.1) is 5.92 Å². The number of benzene rings is 1. The Labute approximate surface area is 144 Å². The van der Waals surface area contributed by atoms with Crippen molar-refractivity contribution in [2.24, 2.45) is 5.92 Å². The summed E-state index contributed by atoms with van der Waals surface area (Å²) in [7, 11) is 0. The first-order valence-corrected chi connectivity index (χ1v) is 8.95. The zero-order valence-electron chi connectivity index (χ0n) is 13.8. The number of aliphatic carboxylic acids is 1. The number of aromatic nitrogens is 1. The maximum atomic E-state index is 12.3. The molecule has 0 spiro atoms. The van der Waals surface area contributed by atoms with Crippen LogP contribution in [0.5, 0.6) is 0 Å². The predicted molar refractivity (Wildman–Crippen MR) is 94.7 cm³/mol. The summed E-state index contributed by atoms with van der Waals surface area (Å²) < 4.78 is 1.06. The second-order valence-corrected chi connectivity index (χ2v) is 7.48. The van der Waals surface area contributed by atoms with Gasteiger partial charge in [-0.05, 0) is 31.0 Å². The number of carboxylic acid groups (broad SMARTS) is 1. The molecule has 3 rings (SSSR count). The Balaban J connectivity index is 1.66. The van der Waals surface area contributed by atoms with Crippen LogP contribution in [0.1, 0.15) is 37.6 Å². The van der Waals surface area contributed by atoms with Crippen molar-refractivity contribution in [1.82, 2.24) is 9.88 Å². The first kappa shape index (κ1) is 16.7. The number of fused-ring (bicyclic) bond motifs is 1. The zero-order valence-corrected chi connectivity index (χ0v) is 14.6. The Morgan fingerprint density at radius 1 is 1.33 bits per heavy atom. The summed E-state index contributed by atoms with van der Waals surface area (Å²) >= 11 is 1.64. The molecule has 1 aliphatic rings. The molecule has 0 bridgehead atoms. The van der Waals surface area contributed by atoms with Crippen molar-refractivity contribution in [3.63, 3.8) is 0 Å². The second kappa shape index (κ2) is 6.76. The van der Waals surface area contributed by atoms with Crippen molar-refractivity contribution in [3.8, 4) is 0 Å². The minimum Gasteiger partial charge on any atom is -0.481 e. The van der Waals surface area contributed by atoms with Crippen LogP contribution in [0.25, 0.3) is 10.2 Å². The van der Waals surface area contributed by atoms with E-state index in [1.54, 1.807) is 16.2 Å². The second-order valence-electron chi connectivity index (χ2n) is 6.42. The Morgan fingerprint density at radius 3 is 2.67 bits per heavy atom. The average Bonchev–Trinajstić information content (AvgIpc) is 2.98. The lowest BCUT2D eigenvalue weighted by molar-refractivity contribution is -0.143. The summed E-state index contributed by atoms with van der Waals surface area (Å²) in [6.45, 7) is 5.18. The molecular formula is C17H21N3O3S. The smallest absolute Gasteiger partial charge is 0.321 e. The van der Waals surface area contributed by atoms with Crippen LogP contribution < -0.4 is 5.32 Å². The molecule has 0 radical (unpaired) electrons. The van der Waals surface area contributed by atoms with Crippen molar-refractivity contribution in [2.45, 2.75) is 32.6 Å². The number of carbonyl (C=O) groups excluding carboxylic acids is 1. The fourth-order valence-corrected chi connectivity index (χ4v) is 3.81. The van der Waals surface area contributed by atoms with Crippen LogP contribution in [0.15, 0.2) is 18.2 Å². The van der Waals surface area contributed by atoms with Crippen LogP contribution in [-0.4, -0.2) is 40.1 Å². The minimum absolute atomic E-state index is 0.174. The number of thiazole rings is 1. The van der Waals surface area contributed by atoms with Crippen molar-refractivity contribution >= 4 is 39.2 Å². The largest absolute Gasteiger partial charge is 0.481 e. The number of nitrogens with one attached hydrogen (secondary N) is 1. The maximum absolute atomic E-state index is 12.3. The van der Waals surface area contributed by atoms with Gasteiger partial charge in [0.25, 0.3) is 0 Å². The highest BCUT2D eigenvalue weighted by molar-refractivity contribution is 7.18. The van der Waals surface area contributed by atoms with Gasteiger partial charge >= 0.3 is 12.0 Å². The summed E-state index contributed by atoms with van der Waals surface area (Å²) in [6.07, 6.45) is 1.02. The zero-order chi connectivity index (χ0) is 17.3. The normalized spacial score (nSPS) is 15.9. The van der Waals surface area contributed by atoms with E-state index < -0.39 is 5.97 Å². The third-order valence-electron chi connectivity index (χ3n) is 4.28. The minimum atomic E-state index is -0.772. The molecule has 0 saturated carbocycles. The number of hydrogen-bond donors (Lipinski definition) is 2. The van der Waals surface area contributed by atoms with Gasteiger partial charge in [-0.25, -0.2) is 9.78 Å². The molecule has 6 nitrogen and oxygen atoms in total. The highest BCUT2D eigenvalue weighted by Crippen LogP contribution is 2.29. The van der Waals surface area contributed by atoms with Crippen molar-refractivity contribution in [2.75, 3.05) is 18.4 Å². The summed E-state index contributed by atoms with van der Waals surface area (Å²) in [5.74, 6) is -0.723. The number of urea groups is 1. The van der Waals surface area contributed by atoms with Gasteiger partial charge in [-0.15, -0.1) is 11.3 Å². The summed E-state index contributed by atoms with van der Waals surface area (Å²) in [4.78, 5) is 29.6. The quantitative estimate of drug-likeness (QED) is 0.886. The van der Waals surface area contributed by atoms with E-state index in [4.69, 9.17) is 5.11 Å². The molecule has 2 amide bonds. The van der Waals surface area contributed by atoms with Crippen LogP contribution in [0.2, 0.25) is 0 Å². The van der Waals surface area contributed by atoms with E-state index in [1.807, 2.05) is 18.2 Å². The van der Waals surface area contributed by atoms with Gasteiger partial charge in [-0.1, -0.05) is 13.8 Å². The number of carbonyl (C=O) groups is 2. The van der Waals surface area contributed by atoms with Crippen molar-refractivity contribution in [3.05, 3.63) is 23.2 Å². The molecule has 1 fully saturated rings. The van der Waals surface area contributed by atoms with Crippen LogP contribution >= 0.6 is 11.3 Å². The third kappa shape index (κ3) is 3.51. The Kier molecular flexibility index (Phi) is 4.71. The van der Waals surface area contributed by atoms with Crippen LogP contribution in [0.3, 0.4) is 0 Å². The molecule has 0 aliphatic carbocycles. The maximum Gasteiger partial charge on any atom is 0.321 e. The SMILES string of the molecule is CC(C)c1nc2ccc(NC(=O)N3CCC(C(=O)O)CC3)cc2s1. The number of rotatable bonds is 3. The van der Waals surface area contributed by atoms with Gasteiger partial charge in [0.15, 0.2) is 0 Å². The highest BCUT2D eigenvalue weighted by atomic mass is 32.1. The standard InChI is InChI=1S/C17H21N3O3S/c1-10(2)15-19-13-4-3-12(9-14(13)24-15)18-17(23)20-7-5-11(6-8-20)16(21)22/h3-4,9-11H,5-8H2,1-2H3,(H,18,23)(H,21,22). The third-order valence-corrected chi connectivity index (χ3v) is 5.60. The molecule has 2 heterocycles. The van der Waals surface area contributed by atoms with Crippen molar-refractivity contribution in [1.29, 1.82) is 0 Å². The van der Waals surface area contributed by atoms with Gasteiger partial charge in [0.1, 0.15) is 0 Å². The Morgan fingerprint density at radius 2 is 2.04 bits per heavy atom. The van der Waals surface area contributed by atoms with E-state index >= 15 is 0 Å². The monoisotopic (exact) mass is 347 g/mol. The molecule has 24 heavy (non-hydrogen) atoms. The lowest BCUT2D eigenvalue weighted by Gasteiger charge is -2.30. The predicted octanol–water partition coefficient (Wildman–Crippen LogP) is 3.75. The molecule has 1 aliphatic heterocycles. The number of amides is 2. The Hall–Kier alpha value is -2.15. The molecule has 2 N–H and O–H groups in total. The van der Waals surface area contributed by atoms with Gasteiger partial charge in [0.2, 0.25) is 0 Å². The first-order chi connectivity index (χ1) is 11.4. The van der Waals surface area contributed by atoms with Gasteiger partial charge < -0.3 is 15.3 Å². The summed E-state index contributed by atoms with van der Waals surface area (Å²) in [6, 6.07) is 5.55. The molecule has 1 saturated heterocycles. The van der Waals surface area contributed by atoms with E-state index in [-0.39, 0.29) is 11.9 Å². The highest BCUT2D eigenvalue weighted by Gasteiger charge is 2.27. The molecular weight excluding hydrogens is 326 g/mol. The molecule has 128 valence electrons. The molecule has 2 aromatic rings. The lowest BCUT2D eigenvalue weighted by Crippen LogP contribution is -2.42. The van der Waals surface area contributed by atoms with E-state index in [9.17, 15) is 9.59 Å². The van der Waals surface area contributed by atoms with E-state index in [1.165, 1.54) is 0 Å². The molecule has 7 heteroatoms. The molecule has 1 aromatic carbocycles. The van der Waals surface area contributed by atoms with Gasteiger partial charge in [0.05, 0.1) is 21.1 Å². The number of carboxylic acids is 1. The molecule has 1 aromatic heterocycles. The number of hydrogen-bond acceptors (Lipinski definition) is 4. The van der Waals surface area contributed by atoms with Crippen molar-refractivity contribution < 1.29 is 14.7 Å². The molecule has 0 atom stereocenters. The van der Waals surface area contributed by atoms with E-state index in [0.29, 0.717) is 31.8 Å². The lowest BCUT2D eigenvalue weighted by atomic mass is 9.97. The number of likely N-dealkylation sites (tertiary alicyclic amines) is 1. The number of nitrogens with zero attached hydrogens (tertiary/aromatic N) is 2. The number of anilines is 1. The Bertz CT molecular complexity index is 764. The fraction of sp³-hybridized carbons (Fsp3) is 0.471. The van der Waals surface area contributed by atoms with Crippen LogP contribution in [-0.2, 0) is 4.79 Å². The van der Waals surface area contributed by atoms with Gasteiger partial charge in [-0.2, -0.15) is 0 Å². The molecule has 0 unspecified atom stereocenters. The fourth-order valence-electron chi connectivity index (χ4n) is 2.80. The van der Waals surface area contributed by atoms with E-state index in [2.05, 4.69) is 24.1 Å².